The smallest absolute Gasteiger partial charge is 0.349 e. The van der Waals surface area contributed by atoms with Crippen LogP contribution in [0.2, 0.25) is 5.02 Å². The summed E-state index contributed by atoms with van der Waals surface area (Å²) >= 11 is 5.90. The Labute approximate surface area is 142 Å². The van der Waals surface area contributed by atoms with Crippen LogP contribution in [0.3, 0.4) is 0 Å². The number of aryl methyl sites for hydroxylation is 1. The van der Waals surface area contributed by atoms with Crippen LogP contribution in [0.25, 0.3) is 0 Å². The summed E-state index contributed by atoms with van der Waals surface area (Å²) in [6.07, 6.45) is 0. The van der Waals surface area contributed by atoms with Gasteiger partial charge in [-0.15, -0.1) is 0 Å². The fraction of sp³-hybridized carbons (Fsp3) is 0.316. The lowest BCUT2D eigenvalue weighted by Crippen LogP contribution is -2.21. The van der Waals surface area contributed by atoms with Crippen LogP contribution in [0.1, 0.15) is 31.9 Å². The van der Waals surface area contributed by atoms with Gasteiger partial charge in [0.2, 0.25) is 0 Å². The average molecular weight is 333 g/mol. The van der Waals surface area contributed by atoms with E-state index in [2.05, 4.69) is 20.8 Å². The highest BCUT2D eigenvalue weighted by Crippen LogP contribution is 2.31. The van der Waals surface area contributed by atoms with Crippen molar-refractivity contribution >= 4 is 17.6 Å². The van der Waals surface area contributed by atoms with Gasteiger partial charge in [-0.25, -0.2) is 4.79 Å². The number of benzene rings is 2. The van der Waals surface area contributed by atoms with Gasteiger partial charge in [-0.1, -0.05) is 50.6 Å². The molecule has 23 heavy (non-hydrogen) atoms. The molecule has 0 bridgehead atoms. The van der Waals surface area contributed by atoms with E-state index in [1.807, 2.05) is 25.1 Å². The van der Waals surface area contributed by atoms with Gasteiger partial charge in [0.05, 0.1) is 0 Å². The molecule has 0 atom stereocenters. The average Bonchev–Trinajstić information content (AvgIpc) is 2.46. The number of hydrogen-bond acceptors (Lipinski definition) is 3. The summed E-state index contributed by atoms with van der Waals surface area (Å²) in [7, 11) is 0. The molecule has 0 spiro atoms. The highest BCUT2D eigenvalue weighted by Gasteiger charge is 2.20. The van der Waals surface area contributed by atoms with E-state index in [1.165, 1.54) is 0 Å². The van der Waals surface area contributed by atoms with Crippen LogP contribution in [-0.2, 0) is 10.2 Å². The summed E-state index contributed by atoms with van der Waals surface area (Å²) in [4.78, 5) is 12.1. The zero-order chi connectivity index (χ0) is 17.0. The van der Waals surface area contributed by atoms with Crippen molar-refractivity contribution in [2.24, 2.45) is 0 Å². The third-order valence-electron chi connectivity index (χ3n) is 3.40. The van der Waals surface area contributed by atoms with Crippen LogP contribution in [0, 0.1) is 6.92 Å². The number of para-hydroxylation sites is 1. The number of hydrogen-bond donors (Lipinski definition) is 0. The number of halogens is 1. The van der Waals surface area contributed by atoms with Crippen molar-refractivity contribution in [3.05, 3.63) is 58.6 Å². The lowest BCUT2D eigenvalue weighted by Gasteiger charge is -2.22. The van der Waals surface area contributed by atoms with Crippen molar-refractivity contribution in [1.29, 1.82) is 0 Å². The van der Waals surface area contributed by atoms with Gasteiger partial charge in [-0.05, 0) is 42.2 Å². The molecule has 0 saturated heterocycles. The fourth-order valence-electron chi connectivity index (χ4n) is 2.24. The third-order valence-corrected chi connectivity index (χ3v) is 3.64. The van der Waals surface area contributed by atoms with E-state index in [9.17, 15) is 4.79 Å². The zero-order valence-electron chi connectivity index (χ0n) is 13.9. The molecule has 0 aliphatic rings. The quantitative estimate of drug-likeness (QED) is 0.588. The predicted octanol–water partition coefficient (Wildman–Crippen LogP) is 4.93. The predicted molar refractivity (Wildman–Crippen MR) is 92.5 cm³/mol. The monoisotopic (exact) mass is 332 g/mol. The van der Waals surface area contributed by atoms with Crippen LogP contribution in [0.4, 0.5) is 0 Å². The van der Waals surface area contributed by atoms with Gasteiger partial charge in [-0.3, -0.25) is 0 Å². The molecule has 0 heterocycles. The summed E-state index contributed by atoms with van der Waals surface area (Å²) in [5.41, 5.74) is 1.75. The second-order valence-electron chi connectivity index (χ2n) is 6.42. The van der Waals surface area contributed by atoms with Crippen molar-refractivity contribution < 1.29 is 14.3 Å². The number of esters is 1. The first kappa shape index (κ1) is 17.4. The molecule has 0 amide bonds. The molecule has 0 saturated carbocycles. The Morgan fingerprint density at radius 1 is 1.09 bits per heavy atom. The van der Waals surface area contributed by atoms with Crippen molar-refractivity contribution in [3.8, 4) is 11.5 Å². The van der Waals surface area contributed by atoms with Gasteiger partial charge in [0.25, 0.3) is 0 Å². The Hall–Kier alpha value is -2.00. The van der Waals surface area contributed by atoms with Crippen molar-refractivity contribution in [1.82, 2.24) is 0 Å². The first-order chi connectivity index (χ1) is 10.8. The van der Waals surface area contributed by atoms with Crippen molar-refractivity contribution in [2.75, 3.05) is 6.61 Å². The second-order valence-corrected chi connectivity index (χ2v) is 6.86. The van der Waals surface area contributed by atoms with E-state index in [-0.39, 0.29) is 12.0 Å². The van der Waals surface area contributed by atoms with Crippen LogP contribution in [-0.4, -0.2) is 12.6 Å². The molecule has 3 nitrogen and oxygen atoms in total. The molecule has 0 aliphatic heterocycles. The Balaban J connectivity index is 2.03. The summed E-state index contributed by atoms with van der Waals surface area (Å²) < 4.78 is 11.0. The minimum absolute atomic E-state index is 0.107. The van der Waals surface area contributed by atoms with Gasteiger partial charge >= 0.3 is 5.97 Å². The van der Waals surface area contributed by atoms with Crippen molar-refractivity contribution in [2.45, 2.75) is 33.1 Å². The minimum atomic E-state index is -0.434. The van der Waals surface area contributed by atoms with E-state index in [1.54, 1.807) is 24.3 Å². The summed E-state index contributed by atoms with van der Waals surface area (Å²) in [6, 6.07) is 12.8. The van der Waals surface area contributed by atoms with E-state index in [0.717, 1.165) is 11.1 Å². The molecule has 122 valence electrons. The molecule has 0 fully saturated rings. The minimum Gasteiger partial charge on any atom is -0.482 e. The van der Waals surface area contributed by atoms with Gasteiger partial charge in [0.15, 0.2) is 6.61 Å². The van der Waals surface area contributed by atoms with Crippen LogP contribution >= 0.6 is 11.6 Å². The van der Waals surface area contributed by atoms with Crippen molar-refractivity contribution in [3.63, 3.8) is 0 Å². The van der Waals surface area contributed by atoms with Gasteiger partial charge < -0.3 is 9.47 Å². The van der Waals surface area contributed by atoms with Gasteiger partial charge in [-0.2, -0.15) is 0 Å². The number of carbonyl (C=O) groups is 1. The van der Waals surface area contributed by atoms with E-state index in [4.69, 9.17) is 21.1 Å². The first-order valence-electron chi connectivity index (χ1n) is 7.46. The second kappa shape index (κ2) is 7.05. The Morgan fingerprint density at radius 3 is 2.43 bits per heavy atom. The number of carbonyl (C=O) groups excluding carboxylic acids is 1. The Bertz CT molecular complexity index is 702. The van der Waals surface area contributed by atoms with E-state index < -0.39 is 5.97 Å². The fourth-order valence-corrected chi connectivity index (χ4v) is 2.47. The largest absolute Gasteiger partial charge is 0.482 e. The van der Waals surface area contributed by atoms with Crippen LogP contribution in [0.5, 0.6) is 11.5 Å². The summed E-state index contributed by atoms with van der Waals surface area (Å²) in [5, 5.41) is 0.636. The standard InChI is InChI=1S/C19H21ClO3/c1-13-11-14(20)9-10-16(13)22-12-18(21)23-17-8-6-5-7-15(17)19(2,3)4/h5-11H,12H2,1-4H3. The molecule has 0 unspecified atom stereocenters. The van der Waals surface area contributed by atoms with Crippen LogP contribution < -0.4 is 9.47 Å². The topological polar surface area (TPSA) is 35.5 Å². The first-order valence-corrected chi connectivity index (χ1v) is 7.84. The highest BCUT2D eigenvalue weighted by molar-refractivity contribution is 6.30. The maximum atomic E-state index is 12.1. The molecule has 0 radical (unpaired) electrons. The Morgan fingerprint density at radius 2 is 1.78 bits per heavy atom. The molecule has 2 aromatic rings. The molecule has 0 N–H and O–H groups in total. The zero-order valence-corrected chi connectivity index (χ0v) is 14.6. The van der Waals surface area contributed by atoms with E-state index >= 15 is 0 Å². The van der Waals surface area contributed by atoms with Gasteiger partial charge in [0, 0.05) is 10.6 Å². The normalized spacial score (nSPS) is 11.2. The molecular weight excluding hydrogens is 312 g/mol. The third kappa shape index (κ3) is 4.73. The Kier molecular flexibility index (Phi) is 5.32. The summed E-state index contributed by atoms with van der Waals surface area (Å²) in [6.45, 7) is 7.95. The maximum Gasteiger partial charge on any atom is 0.349 e. The molecule has 0 aromatic heterocycles. The lowest BCUT2D eigenvalue weighted by atomic mass is 9.86. The van der Waals surface area contributed by atoms with E-state index in [0.29, 0.717) is 16.5 Å². The summed E-state index contributed by atoms with van der Waals surface area (Å²) in [5.74, 6) is 0.757. The molecule has 0 aliphatic carbocycles. The number of rotatable bonds is 4. The molecule has 2 aromatic carbocycles. The lowest BCUT2D eigenvalue weighted by molar-refractivity contribution is -0.136. The maximum absolute atomic E-state index is 12.1. The highest BCUT2D eigenvalue weighted by atomic mass is 35.5. The molecular formula is C19H21ClO3. The number of ether oxygens (including phenoxy) is 2. The molecule has 2 rings (SSSR count). The molecule has 4 heteroatoms. The SMILES string of the molecule is Cc1cc(Cl)ccc1OCC(=O)Oc1ccccc1C(C)(C)C. The van der Waals surface area contributed by atoms with Crippen LogP contribution in [0.15, 0.2) is 42.5 Å². The van der Waals surface area contributed by atoms with Gasteiger partial charge in [0.1, 0.15) is 11.5 Å².